The van der Waals surface area contributed by atoms with Gasteiger partial charge in [-0.3, -0.25) is 4.79 Å². The number of amides is 1. The number of aromatic nitrogens is 2. The zero-order valence-corrected chi connectivity index (χ0v) is 12.3. The first kappa shape index (κ1) is 13.1. The summed E-state index contributed by atoms with van der Waals surface area (Å²) in [6, 6.07) is 9.85. The lowest BCUT2D eigenvalue weighted by atomic mass is 10.2. The third kappa shape index (κ3) is 2.52. The van der Waals surface area contributed by atoms with Crippen LogP contribution >= 0.6 is 24.0 Å². The number of rotatable bonds is 2. The number of benzene rings is 1. The fourth-order valence-electron chi connectivity index (χ4n) is 1.89. The van der Waals surface area contributed by atoms with Crippen LogP contribution in [0, 0.1) is 6.92 Å². The Morgan fingerprint density at radius 3 is 2.75 bits per heavy atom. The van der Waals surface area contributed by atoms with E-state index in [9.17, 15) is 4.79 Å². The van der Waals surface area contributed by atoms with Gasteiger partial charge in [0, 0.05) is 11.8 Å². The van der Waals surface area contributed by atoms with E-state index in [0.717, 1.165) is 16.9 Å². The van der Waals surface area contributed by atoms with Crippen molar-refractivity contribution in [2.75, 3.05) is 0 Å². The normalized spacial score (nSPS) is 16.8. The van der Waals surface area contributed by atoms with Crippen LogP contribution in [0.4, 0.5) is 0 Å². The van der Waals surface area contributed by atoms with E-state index in [0.29, 0.717) is 9.23 Å². The highest BCUT2D eigenvalue weighted by Gasteiger charge is 2.22. The number of aryl methyl sites for hydroxylation is 1. The second-order valence-electron chi connectivity index (χ2n) is 4.30. The van der Waals surface area contributed by atoms with Crippen LogP contribution in [0.15, 0.2) is 41.4 Å². The highest BCUT2D eigenvalue weighted by Crippen LogP contribution is 2.26. The second kappa shape index (κ2) is 5.22. The molecule has 0 atom stereocenters. The van der Waals surface area contributed by atoms with Crippen molar-refractivity contribution < 1.29 is 4.79 Å². The lowest BCUT2D eigenvalue weighted by molar-refractivity contribution is -0.115. The van der Waals surface area contributed by atoms with Gasteiger partial charge in [-0.05, 0) is 25.1 Å². The maximum absolute atomic E-state index is 11.7. The van der Waals surface area contributed by atoms with E-state index in [1.165, 1.54) is 11.8 Å². The van der Waals surface area contributed by atoms with E-state index in [-0.39, 0.29) is 5.91 Å². The van der Waals surface area contributed by atoms with E-state index in [2.05, 4.69) is 10.4 Å². The molecule has 1 aromatic carbocycles. The van der Waals surface area contributed by atoms with Crippen molar-refractivity contribution >= 4 is 40.3 Å². The average molecular weight is 301 g/mol. The molecule has 0 radical (unpaired) electrons. The molecule has 0 saturated carbocycles. The number of hydrogen-bond acceptors (Lipinski definition) is 4. The predicted octanol–water partition coefficient (Wildman–Crippen LogP) is 2.67. The maximum atomic E-state index is 11.7. The minimum Gasteiger partial charge on any atom is -0.307 e. The zero-order chi connectivity index (χ0) is 14.1. The molecule has 1 N–H and O–H groups in total. The van der Waals surface area contributed by atoms with E-state index < -0.39 is 0 Å². The van der Waals surface area contributed by atoms with Gasteiger partial charge in [-0.15, -0.1) is 0 Å². The van der Waals surface area contributed by atoms with Gasteiger partial charge in [0.2, 0.25) is 0 Å². The van der Waals surface area contributed by atoms with Crippen LogP contribution in [0.2, 0.25) is 0 Å². The molecular formula is C14H11N3OS2. The van der Waals surface area contributed by atoms with E-state index >= 15 is 0 Å². The molecule has 1 aromatic heterocycles. The molecule has 2 aromatic rings. The molecule has 0 spiro atoms. The Morgan fingerprint density at radius 2 is 2.10 bits per heavy atom. The number of carbonyl (C=O) groups is 1. The largest absolute Gasteiger partial charge is 0.307 e. The van der Waals surface area contributed by atoms with Gasteiger partial charge in [-0.25, -0.2) is 4.68 Å². The average Bonchev–Trinajstić information content (AvgIpc) is 2.95. The second-order valence-corrected chi connectivity index (χ2v) is 6.02. The van der Waals surface area contributed by atoms with Gasteiger partial charge in [0.15, 0.2) is 0 Å². The molecule has 6 heteroatoms. The number of nitrogens with zero attached hydrogens (tertiary/aromatic N) is 2. The fraction of sp³-hybridized carbons (Fsp3) is 0.0714. The highest BCUT2D eigenvalue weighted by atomic mass is 32.2. The van der Waals surface area contributed by atoms with E-state index in [4.69, 9.17) is 12.2 Å². The Morgan fingerprint density at radius 1 is 1.35 bits per heavy atom. The van der Waals surface area contributed by atoms with Crippen molar-refractivity contribution in [2.45, 2.75) is 6.92 Å². The van der Waals surface area contributed by atoms with Gasteiger partial charge in [-0.1, -0.05) is 42.2 Å². The van der Waals surface area contributed by atoms with Gasteiger partial charge in [0.25, 0.3) is 5.91 Å². The minimum atomic E-state index is -0.146. The van der Waals surface area contributed by atoms with Gasteiger partial charge in [0.05, 0.1) is 16.3 Å². The summed E-state index contributed by atoms with van der Waals surface area (Å²) < 4.78 is 2.30. The number of thiocarbonyl (C=S) groups is 1. The Kier molecular flexibility index (Phi) is 3.42. The van der Waals surface area contributed by atoms with Crippen LogP contribution in [0.25, 0.3) is 11.8 Å². The molecule has 0 unspecified atom stereocenters. The molecule has 1 saturated heterocycles. The van der Waals surface area contributed by atoms with Crippen LogP contribution in [0.1, 0.15) is 11.3 Å². The summed E-state index contributed by atoms with van der Waals surface area (Å²) >= 11 is 6.25. The first-order chi connectivity index (χ1) is 9.63. The van der Waals surface area contributed by atoms with Crippen molar-refractivity contribution in [3.63, 3.8) is 0 Å². The summed E-state index contributed by atoms with van der Waals surface area (Å²) in [7, 11) is 0. The summed E-state index contributed by atoms with van der Waals surface area (Å²) in [6.45, 7) is 1.92. The Labute approximate surface area is 125 Å². The van der Waals surface area contributed by atoms with E-state index in [1.54, 1.807) is 4.68 Å². The van der Waals surface area contributed by atoms with Crippen LogP contribution in [-0.4, -0.2) is 20.0 Å². The summed E-state index contributed by atoms with van der Waals surface area (Å²) in [5.41, 5.74) is 2.77. The molecular weight excluding hydrogens is 290 g/mol. The fourth-order valence-corrected chi connectivity index (χ4v) is 2.93. The summed E-state index contributed by atoms with van der Waals surface area (Å²) in [5, 5.41) is 7.07. The third-order valence-corrected chi connectivity index (χ3v) is 4.05. The Bertz CT molecular complexity index is 719. The quantitative estimate of drug-likeness (QED) is 0.684. The van der Waals surface area contributed by atoms with Crippen molar-refractivity contribution in [2.24, 2.45) is 0 Å². The Hall–Kier alpha value is -1.92. The molecule has 0 bridgehead atoms. The predicted molar refractivity (Wildman–Crippen MR) is 84.6 cm³/mol. The number of thioether (sulfide) groups is 1. The molecule has 1 amide bonds. The summed E-state index contributed by atoms with van der Waals surface area (Å²) in [5.74, 6) is -0.146. The van der Waals surface area contributed by atoms with Crippen molar-refractivity contribution in [3.05, 3.63) is 52.7 Å². The first-order valence-corrected chi connectivity index (χ1v) is 7.22. The molecule has 0 aliphatic carbocycles. The van der Waals surface area contributed by atoms with Crippen molar-refractivity contribution in [3.8, 4) is 5.69 Å². The van der Waals surface area contributed by atoms with Crippen LogP contribution in [-0.2, 0) is 4.79 Å². The molecule has 1 aliphatic heterocycles. The molecule has 2 heterocycles. The topological polar surface area (TPSA) is 46.9 Å². The lowest BCUT2D eigenvalue weighted by Crippen LogP contribution is -2.17. The Balaban J connectivity index is 1.96. The van der Waals surface area contributed by atoms with Crippen LogP contribution in [0.5, 0.6) is 0 Å². The SMILES string of the molecule is Cc1nn(-c2ccccc2)cc1/C=C1\SC(=S)NC1=O. The minimum absolute atomic E-state index is 0.146. The van der Waals surface area contributed by atoms with Crippen LogP contribution in [0.3, 0.4) is 0 Å². The van der Waals surface area contributed by atoms with Gasteiger partial charge in [-0.2, -0.15) is 5.10 Å². The standard InChI is InChI=1S/C14H11N3OS2/c1-9-10(7-12-13(18)15-14(19)20-12)8-17(16-9)11-5-3-2-4-6-11/h2-8H,1H3,(H,15,18,19)/b12-7-. The summed E-state index contributed by atoms with van der Waals surface area (Å²) in [6.07, 6.45) is 3.73. The van der Waals surface area contributed by atoms with Crippen LogP contribution < -0.4 is 5.32 Å². The maximum Gasteiger partial charge on any atom is 0.263 e. The third-order valence-electron chi connectivity index (χ3n) is 2.89. The summed E-state index contributed by atoms with van der Waals surface area (Å²) in [4.78, 5) is 12.3. The smallest absolute Gasteiger partial charge is 0.263 e. The highest BCUT2D eigenvalue weighted by molar-refractivity contribution is 8.26. The van der Waals surface area contributed by atoms with Crippen molar-refractivity contribution in [1.82, 2.24) is 15.1 Å². The van der Waals surface area contributed by atoms with E-state index in [1.807, 2.05) is 49.5 Å². The molecule has 100 valence electrons. The molecule has 3 rings (SSSR count). The molecule has 1 fully saturated rings. The first-order valence-electron chi connectivity index (χ1n) is 6.00. The number of carbonyl (C=O) groups excluding carboxylic acids is 1. The number of nitrogens with one attached hydrogen (secondary N) is 1. The number of para-hydroxylation sites is 1. The van der Waals surface area contributed by atoms with Gasteiger partial charge in [0.1, 0.15) is 4.32 Å². The zero-order valence-electron chi connectivity index (χ0n) is 10.7. The number of hydrogen-bond donors (Lipinski definition) is 1. The monoisotopic (exact) mass is 301 g/mol. The van der Waals surface area contributed by atoms with Gasteiger partial charge < -0.3 is 5.32 Å². The lowest BCUT2D eigenvalue weighted by Gasteiger charge is -1.98. The van der Waals surface area contributed by atoms with Crippen molar-refractivity contribution in [1.29, 1.82) is 0 Å². The molecule has 4 nitrogen and oxygen atoms in total. The van der Waals surface area contributed by atoms with Gasteiger partial charge >= 0.3 is 0 Å². The molecule has 20 heavy (non-hydrogen) atoms. The molecule has 1 aliphatic rings.